The van der Waals surface area contributed by atoms with Crippen molar-refractivity contribution in [1.82, 2.24) is 4.90 Å². The number of benzene rings is 2. The molecule has 2 aromatic carbocycles. The summed E-state index contributed by atoms with van der Waals surface area (Å²) >= 11 is 0. The zero-order chi connectivity index (χ0) is 19.3. The molecule has 5 rings (SSSR count). The number of esters is 1. The van der Waals surface area contributed by atoms with Gasteiger partial charge in [-0.25, -0.2) is 4.79 Å². The molecule has 28 heavy (non-hydrogen) atoms. The SMILES string of the molecule is O=C1OC2(CCN(C(=O)c3cc(=O)c4ccccc4o3)CC2)c2ccccc21. The minimum absolute atomic E-state index is 0.0310. The Kier molecular flexibility index (Phi) is 3.62. The Balaban J connectivity index is 1.40. The van der Waals surface area contributed by atoms with Crippen molar-refractivity contribution in [3.8, 4) is 0 Å². The summed E-state index contributed by atoms with van der Waals surface area (Å²) in [6.07, 6.45) is 1.03. The first-order chi connectivity index (χ1) is 13.6. The molecule has 0 unspecified atom stereocenters. The highest BCUT2D eigenvalue weighted by molar-refractivity contribution is 5.95. The van der Waals surface area contributed by atoms with Crippen LogP contribution in [-0.2, 0) is 10.3 Å². The molecule has 0 saturated carbocycles. The predicted octanol–water partition coefficient (Wildman–Crippen LogP) is 3.09. The van der Waals surface area contributed by atoms with Gasteiger partial charge in [0.2, 0.25) is 0 Å². The molecule has 1 spiro atoms. The monoisotopic (exact) mass is 375 g/mol. The van der Waals surface area contributed by atoms with Gasteiger partial charge in [-0.2, -0.15) is 0 Å². The number of hydrogen-bond acceptors (Lipinski definition) is 5. The minimum Gasteiger partial charge on any atom is -0.451 e. The van der Waals surface area contributed by atoms with E-state index in [2.05, 4.69) is 0 Å². The van der Waals surface area contributed by atoms with Gasteiger partial charge in [-0.1, -0.05) is 30.3 Å². The first-order valence-corrected chi connectivity index (χ1v) is 9.22. The van der Waals surface area contributed by atoms with Crippen molar-refractivity contribution in [1.29, 1.82) is 0 Å². The molecule has 1 amide bonds. The van der Waals surface area contributed by atoms with E-state index in [0.717, 1.165) is 5.56 Å². The maximum absolute atomic E-state index is 12.9. The molecule has 1 aromatic heterocycles. The van der Waals surface area contributed by atoms with Crippen LogP contribution >= 0.6 is 0 Å². The van der Waals surface area contributed by atoms with E-state index in [1.165, 1.54) is 6.07 Å². The third-order valence-corrected chi connectivity index (χ3v) is 5.63. The standard InChI is InChI=1S/C22H17NO5/c24-17-13-19(27-18-8-4-2-6-15(17)18)20(25)23-11-9-22(10-12-23)16-7-3-1-5-14(16)21(26)28-22/h1-8,13H,9-12H2. The average molecular weight is 375 g/mol. The summed E-state index contributed by atoms with van der Waals surface area (Å²) < 4.78 is 11.4. The maximum atomic E-state index is 12.9. The van der Waals surface area contributed by atoms with Gasteiger partial charge in [-0.15, -0.1) is 0 Å². The Hall–Kier alpha value is -3.41. The number of rotatable bonds is 1. The Morgan fingerprint density at radius 1 is 0.964 bits per heavy atom. The van der Waals surface area contributed by atoms with Gasteiger partial charge in [-0.05, 0) is 18.2 Å². The highest BCUT2D eigenvalue weighted by Gasteiger charge is 2.47. The number of hydrogen-bond donors (Lipinski definition) is 0. The second-order valence-electron chi connectivity index (χ2n) is 7.19. The van der Waals surface area contributed by atoms with Crippen LogP contribution in [0.2, 0.25) is 0 Å². The molecule has 2 aliphatic heterocycles. The van der Waals surface area contributed by atoms with Gasteiger partial charge in [0.15, 0.2) is 11.2 Å². The summed E-state index contributed by atoms with van der Waals surface area (Å²) in [5.74, 6) is -0.602. The van der Waals surface area contributed by atoms with Crippen molar-refractivity contribution in [2.75, 3.05) is 13.1 Å². The molecule has 0 atom stereocenters. The number of likely N-dealkylation sites (tertiary alicyclic amines) is 1. The Morgan fingerprint density at radius 3 is 2.50 bits per heavy atom. The van der Waals surface area contributed by atoms with Crippen molar-refractivity contribution >= 4 is 22.8 Å². The molecule has 0 N–H and O–H groups in total. The third-order valence-electron chi connectivity index (χ3n) is 5.63. The van der Waals surface area contributed by atoms with Gasteiger partial charge in [0.1, 0.15) is 11.2 Å². The fourth-order valence-electron chi connectivity index (χ4n) is 4.15. The van der Waals surface area contributed by atoms with E-state index < -0.39 is 5.60 Å². The van der Waals surface area contributed by atoms with Crippen molar-refractivity contribution in [2.24, 2.45) is 0 Å². The summed E-state index contributed by atoms with van der Waals surface area (Å²) in [5, 5.41) is 0.450. The van der Waals surface area contributed by atoms with Crippen LogP contribution in [0.5, 0.6) is 0 Å². The van der Waals surface area contributed by atoms with Crippen LogP contribution in [0.3, 0.4) is 0 Å². The van der Waals surface area contributed by atoms with Crippen molar-refractivity contribution in [3.63, 3.8) is 0 Å². The molecular weight excluding hydrogens is 358 g/mol. The van der Waals surface area contributed by atoms with E-state index >= 15 is 0 Å². The van der Waals surface area contributed by atoms with Crippen LogP contribution in [0.4, 0.5) is 0 Å². The van der Waals surface area contributed by atoms with Crippen LogP contribution in [0.15, 0.2) is 63.8 Å². The molecule has 140 valence electrons. The van der Waals surface area contributed by atoms with E-state index in [0.29, 0.717) is 42.5 Å². The van der Waals surface area contributed by atoms with Crippen molar-refractivity contribution in [2.45, 2.75) is 18.4 Å². The molecule has 6 heteroatoms. The molecule has 0 radical (unpaired) electrons. The van der Waals surface area contributed by atoms with Crippen LogP contribution in [-0.4, -0.2) is 29.9 Å². The molecular formula is C22H17NO5. The van der Waals surface area contributed by atoms with E-state index in [-0.39, 0.29) is 23.1 Å². The zero-order valence-corrected chi connectivity index (χ0v) is 15.0. The zero-order valence-electron chi connectivity index (χ0n) is 15.0. The molecule has 1 saturated heterocycles. The number of nitrogens with zero attached hydrogens (tertiary/aromatic N) is 1. The van der Waals surface area contributed by atoms with Gasteiger partial charge in [0.05, 0.1) is 10.9 Å². The van der Waals surface area contributed by atoms with E-state index in [1.54, 1.807) is 35.2 Å². The molecule has 2 aliphatic rings. The van der Waals surface area contributed by atoms with Crippen molar-refractivity contribution in [3.05, 3.63) is 81.7 Å². The van der Waals surface area contributed by atoms with E-state index in [1.807, 2.05) is 18.2 Å². The third kappa shape index (κ3) is 2.45. The minimum atomic E-state index is -0.672. The fraction of sp³-hybridized carbons (Fsp3) is 0.227. The Morgan fingerprint density at radius 2 is 1.68 bits per heavy atom. The molecule has 3 heterocycles. The van der Waals surface area contributed by atoms with Crippen LogP contribution in [0.1, 0.15) is 39.3 Å². The summed E-state index contributed by atoms with van der Waals surface area (Å²) in [6.45, 7) is 0.827. The topological polar surface area (TPSA) is 76.8 Å². The number of piperidine rings is 1. The lowest BCUT2D eigenvalue weighted by atomic mass is 9.83. The molecule has 0 bridgehead atoms. The number of ether oxygens (including phenoxy) is 1. The van der Waals surface area contributed by atoms with Gasteiger partial charge in [0, 0.05) is 37.6 Å². The number of carbonyl (C=O) groups is 2. The lowest BCUT2D eigenvalue weighted by Crippen LogP contribution is -2.45. The summed E-state index contributed by atoms with van der Waals surface area (Å²) in [4.78, 5) is 39.0. The average Bonchev–Trinajstić information content (AvgIpc) is 3.00. The number of carbonyl (C=O) groups excluding carboxylic acids is 2. The second kappa shape index (κ2) is 6.05. The largest absolute Gasteiger partial charge is 0.451 e. The quantitative estimate of drug-likeness (QED) is 0.611. The molecule has 6 nitrogen and oxygen atoms in total. The second-order valence-corrected chi connectivity index (χ2v) is 7.19. The Labute approximate surface area is 160 Å². The van der Waals surface area contributed by atoms with Crippen LogP contribution in [0.25, 0.3) is 11.0 Å². The summed E-state index contributed by atoms with van der Waals surface area (Å²) in [7, 11) is 0. The van der Waals surface area contributed by atoms with E-state index in [9.17, 15) is 14.4 Å². The molecule has 0 aliphatic carbocycles. The maximum Gasteiger partial charge on any atom is 0.339 e. The van der Waals surface area contributed by atoms with Crippen LogP contribution < -0.4 is 5.43 Å². The van der Waals surface area contributed by atoms with Gasteiger partial charge in [-0.3, -0.25) is 9.59 Å². The van der Waals surface area contributed by atoms with E-state index in [4.69, 9.17) is 9.15 Å². The predicted molar refractivity (Wildman–Crippen MR) is 101 cm³/mol. The fourth-order valence-corrected chi connectivity index (χ4v) is 4.15. The summed E-state index contributed by atoms with van der Waals surface area (Å²) in [5.41, 5.74) is 0.976. The number of fused-ring (bicyclic) bond motifs is 3. The lowest BCUT2D eigenvalue weighted by Gasteiger charge is -2.38. The molecule has 1 fully saturated rings. The van der Waals surface area contributed by atoms with Gasteiger partial charge < -0.3 is 14.1 Å². The Bertz CT molecular complexity index is 1170. The number of para-hydroxylation sites is 1. The lowest BCUT2D eigenvalue weighted by molar-refractivity contribution is -0.0393. The molecule has 3 aromatic rings. The summed E-state index contributed by atoms with van der Waals surface area (Å²) in [6, 6.07) is 15.5. The first-order valence-electron chi connectivity index (χ1n) is 9.22. The van der Waals surface area contributed by atoms with Crippen LogP contribution in [0, 0.1) is 0 Å². The highest BCUT2D eigenvalue weighted by atomic mass is 16.6. The first kappa shape index (κ1) is 16.7. The van der Waals surface area contributed by atoms with Gasteiger partial charge >= 0.3 is 5.97 Å². The smallest absolute Gasteiger partial charge is 0.339 e. The van der Waals surface area contributed by atoms with Gasteiger partial charge in [0.25, 0.3) is 5.91 Å². The number of amides is 1. The van der Waals surface area contributed by atoms with Crippen molar-refractivity contribution < 1.29 is 18.7 Å². The highest BCUT2D eigenvalue weighted by Crippen LogP contribution is 2.44. The normalized spacial score (nSPS) is 17.6.